The Balaban J connectivity index is 1.23. The number of rotatable bonds is 19. The summed E-state index contributed by atoms with van der Waals surface area (Å²) in [7, 11) is -3.83. The molecule has 0 N–H and O–H groups in total. The van der Waals surface area contributed by atoms with Gasteiger partial charge in [-0.15, -0.1) is 0 Å². The van der Waals surface area contributed by atoms with Crippen molar-refractivity contribution >= 4 is 51.0 Å². The predicted octanol–water partition coefficient (Wildman–Crippen LogP) is 9.19. The molecule has 3 atom stereocenters. The van der Waals surface area contributed by atoms with E-state index < -0.39 is 34.3 Å². The van der Waals surface area contributed by atoms with Crippen molar-refractivity contribution in [1.82, 2.24) is 14.8 Å². The lowest BCUT2D eigenvalue weighted by Crippen LogP contribution is -2.58. The van der Waals surface area contributed by atoms with Crippen molar-refractivity contribution in [2.45, 2.75) is 104 Å². The molecule has 0 bridgehead atoms. The summed E-state index contributed by atoms with van der Waals surface area (Å²) in [6, 6.07) is 8.73. The molecule has 13 nitrogen and oxygen atoms in total. The van der Waals surface area contributed by atoms with E-state index in [0.717, 1.165) is 31.9 Å². The molecule has 2 aromatic carbocycles. The minimum Gasteiger partial charge on any atom is -0.491 e. The van der Waals surface area contributed by atoms with Crippen LogP contribution >= 0.6 is 23.2 Å². The SMILES string of the molecule is C[C@@H]1CN(CCCN(c2ccc(C(=O)O[C@@H](Cc3c(Cl)cncc3Cl)c3ccc(OC(F)F)c(OCC4CC4)c3)cc2OCC2CC2)S(C)(=O)=O)[C@@H](C)CN1C(=O)OC(C)(C)C. The Bertz CT molecular complexity index is 2150. The maximum absolute atomic E-state index is 14.1. The van der Waals surface area contributed by atoms with E-state index in [-0.39, 0.29) is 69.7 Å². The summed E-state index contributed by atoms with van der Waals surface area (Å²) in [5.41, 5.74) is 0.585. The van der Waals surface area contributed by atoms with E-state index in [9.17, 15) is 26.8 Å². The molecule has 0 spiro atoms. The number of alkyl halides is 2. The van der Waals surface area contributed by atoms with Crippen molar-refractivity contribution in [1.29, 1.82) is 0 Å². The third-order valence-corrected chi connectivity index (χ3v) is 12.7. The van der Waals surface area contributed by atoms with E-state index >= 15 is 0 Å². The molecular weight excluding hydrogens is 869 g/mol. The van der Waals surface area contributed by atoms with Crippen LogP contribution in [0.3, 0.4) is 0 Å². The first-order valence-corrected chi connectivity index (χ1v) is 23.5. The number of halogens is 4. The number of carbonyl (C=O) groups excluding carboxylic acids is 2. The molecule has 1 aromatic heterocycles. The molecule has 18 heteroatoms. The summed E-state index contributed by atoms with van der Waals surface area (Å²) in [5.74, 6) is -0.0586. The molecule has 1 aliphatic heterocycles. The Labute approximate surface area is 372 Å². The maximum Gasteiger partial charge on any atom is 0.410 e. The number of nitrogens with zero attached hydrogens (tertiary/aromatic N) is 4. The van der Waals surface area contributed by atoms with Crippen LogP contribution in [-0.2, 0) is 25.9 Å². The summed E-state index contributed by atoms with van der Waals surface area (Å²) in [4.78, 5) is 35.0. The van der Waals surface area contributed by atoms with Gasteiger partial charge in [0, 0.05) is 57.1 Å². The number of aromatic nitrogens is 1. The number of hydrogen-bond acceptors (Lipinski definition) is 11. The first-order chi connectivity index (χ1) is 29.3. The van der Waals surface area contributed by atoms with Crippen LogP contribution in [0.4, 0.5) is 19.3 Å². The van der Waals surface area contributed by atoms with Gasteiger partial charge in [-0.05, 0) is 120 Å². The molecule has 6 rings (SSSR count). The molecule has 0 radical (unpaired) electrons. The fraction of sp³-hybridized carbons (Fsp3) is 0.568. The quantitative estimate of drug-likeness (QED) is 0.107. The van der Waals surface area contributed by atoms with Gasteiger partial charge in [0.15, 0.2) is 11.5 Å². The number of ether oxygens (including phenoxy) is 5. The Hall–Kier alpha value is -4.12. The highest BCUT2D eigenvalue weighted by Gasteiger charge is 2.35. The van der Waals surface area contributed by atoms with Crippen molar-refractivity contribution in [3.63, 3.8) is 0 Å². The average Bonchev–Trinajstić information content (AvgIpc) is 4.13. The molecule has 3 fully saturated rings. The molecule has 1 saturated heterocycles. The minimum absolute atomic E-state index is 0.00771. The lowest BCUT2D eigenvalue weighted by Gasteiger charge is -2.44. The van der Waals surface area contributed by atoms with Crippen molar-refractivity contribution in [3.8, 4) is 17.2 Å². The monoisotopic (exact) mass is 924 g/mol. The lowest BCUT2D eigenvalue weighted by atomic mass is 10.0. The minimum atomic E-state index is -3.83. The Morgan fingerprint density at radius 3 is 2.15 bits per heavy atom. The number of sulfonamides is 1. The van der Waals surface area contributed by atoms with Gasteiger partial charge in [-0.1, -0.05) is 29.3 Å². The van der Waals surface area contributed by atoms with Crippen LogP contribution in [-0.4, -0.2) is 105 Å². The molecule has 3 aliphatic rings. The van der Waals surface area contributed by atoms with Crippen LogP contribution < -0.4 is 18.5 Å². The Kier molecular flexibility index (Phi) is 15.4. The number of anilines is 1. The number of esters is 1. The average molecular weight is 926 g/mol. The van der Waals surface area contributed by atoms with Crippen LogP contribution in [0.5, 0.6) is 17.2 Å². The van der Waals surface area contributed by atoms with Crippen molar-refractivity contribution < 1.29 is 50.5 Å². The van der Waals surface area contributed by atoms with Gasteiger partial charge in [0.25, 0.3) is 0 Å². The second kappa shape index (κ2) is 20.2. The number of amides is 1. The van der Waals surface area contributed by atoms with Crippen molar-refractivity contribution in [2.75, 3.05) is 50.0 Å². The van der Waals surface area contributed by atoms with Crippen LogP contribution in [0.1, 0.15) is 94.3 Å². The zero-order valence-corrected chi connectivity index (χ0v) is 38.3. The van der Waals surface area contributed by atoms with E-state index in [1.54, 1.807) is 4.90 Å². The van der Waals surface area contributed by atoms with Crippen molar-refractivity contribution in [2.24, 2.45) is 11.8 Å². The largest absolute Gasteiger partial charge is 0.491 e. The highest BCUT2D eigenvalue weighted by molar-refractivity contribution is 7.92. The number of hydrogen-bond donors (Lipinski definition) is 0. The first kappa shape index (κ1) is 47.4. The van der Waals surface area contributed by atoms with E-state index in [0.29, 0.717) is 62.2 Å². The van der Waals surface area contributed by atoms with Gasteiger partial charge in [0.1, 0.15) is 17.5 Å². The first-order valence-electron chi connectivity index (χ1n) is 20.9. The van der Waals surface area contributed by atoms with Gasteiger partial charge < -0.3 is 28.6 Å². The summed E-state index contributed by atoms with van der Waals surface area (Å²) >= 11 is 13.0. The third-order valence-electron chi connectivity index (χ3n) is 10.9. The summed E-state index contributed by atoms with van der Waals surface area (Å²) in [6.07, 6.45) is 6.87. The molecule has 1 amide bonds. The van der Waals surface area contributed by atoms with E-state index in [2.05, 4.69) is 9.88 Å². The van der Waals surface area contributed by atoms with Gasteiger partial charge in [-0.25, -0.2) is 18.0 Å². The Morgan fingerprint density at radius 2 is 1.55 bits per heavy atom. The fourth-order valence-corrected chi connectivity index (χ4v) is 8.68. The van der Waals surface area contributed by atoms with Crippen molar-refractivity contribution in [3.05, 3.63) is 75.5 Å². The number of carbonyl (C=O) groups is 2. The highest BCUT2D eigenvalue weighted by atomic mass is 35.5. The number of benzene rings is 2. The maximum atomic E-state index is 14.1. The normalized spacial score (nSPS) is 18.9. The second-order valence-electron chi connectivity index (χ2n) is 17.5. The zero-order chi connectivity index (χ0) is 44.9. The van der Waals surface area contributed by atoms with Gasteiger partial charge in [0.2, 0.25) is 10.0 Å². The molecule has 3 aromatic rings. The van der Waals surface area contributed by atoms with Crippen LogP contribution in [0.15, 0.2) is 48.8 Å². The third kappa shape index (κ3) is 13.2. The predicted molar refractivity (Wildman–Crippen MR) is 232 cm³/mol. The van der Waals surface area contributed by atoms with Crippen LogP contribution in [0.25, 0.3) is 0 Å². The van der Waals surface area contributed by atoms with Gasteiger partial charge >= 0.3 is 18.7 Å². The molecule has 2 aliphatic carbocycles. The summed E-state index contributed by atoms with van der Waals surface area (Å²) < 4.78 is 83.6. The lowest BCUT2D eigenvalue weighted by molar-refractivity contribution is -0.0515. The van der Waals surface area contributed by atoms with Gasteiger partial charge in [-0.2, -0.15) is 8.78 Å². The Morgan fingerprint density at radius 1 is 0.903 bits per heavy atom. The molecule has 340 valence electrons. The molecule has 2 saturated carbocycles. The summed E-state index contributed by atoms with van der Waals surface area (Å²) in [5, 5.41) is 0.462. The second-order valence-corrected chi connectivity index (χ2v) is 20.2. The van der Waals surface area contributed by atoms with E-state index in [1.165, 1.54) is 53.1 Å². The van der Waals surface area contributed by atoms with Crippen LogP contribution in [0.2, 0.25) is 10.0 Å². The number of pyridine rings is 1. The van der Waals surface area contributed by atoms with E-state index in [4.69, 9.17) is 46.9 Å². The summed E-state index contributed by atoms with van der Waals surface area (Å²) in [6.45, 7) is 8.81. The van der Waals surface area contributed by atoms with E-state index in [1.807, 2.05) is 34.6 Å². The molecule has 0 unspecified atom stereocenters. The highest BCUT2D eigenvalue weighted by Crippen LogP contribution is 2.40. The topological polar surface area (TPSA) is 137 Å². The fourth-order valence-electron chi connectivity index (χ4n) is 7.19. The zero-order valence-electron chi connectivity index (χ0n) is 36.0. The smallest absolute Gasteiger partial charge is 0.410 e. The standard InChI is InChI=1S/C44H56Cl2F2N4O9S/c1-27-24-51(43(54)61-44(3,4)5)28(2)23-50(27)16-7-17-52(62(6,55)56)36-14-12-32(19-39(36)57-25-29-8-9-29)41(53)59-38(20-33-34(45)21-49-22-35(33)46)31-13-15-37(60-42(47)48)40(18-31)58-26-30-10-11-30/h12-15,18-19,21-22,27-30,38,42H,7-11,16-17,20,23-26H2,1-6H3/t27-,28+,38-/m0/s1. The number of piperazine rings is 1. The molecular formula is C44H56Cl2F2N4O9S. The molecule has 2 heterocycles. The van der Waals surface area contributed by atoms with Gasteiger partial charge in [-0.3, -0.25) is 14.2 Å². The molecule has 62 heavy (non-hydrogen) atoms. The van der Waals surface area contributed by atoms with Crippen LogP contribution in [0, 0.1) is 11.8 Å². The van der Waals surface area contributed by atoms with Gasteiger partial charge in [0.05, 0.1) is 40.8 Å².